The Labute approximate surface area is 272 Å². The van der Waals surface area contributed by atoms with Gasteiger partial charge >= 0.3 is 5.97 Å². The van der Waals surface area contributed by atoms with Crippen molar-refractivity contribution in [1.29, 1.82) is 0 Å². The first-order valence-corrected chi connectivity index (χ1v) is 18.0. The molecule has 0 amide bonds. The average Bonchev–Trinajstić information content (AvgIpc) is 3.12. The second kappa shape index (κ2) is 13.7. The highest BCUT2D eigenvalue weighted by molar-refractivity contribution is 7.80. The lowest BCUT2D eigenvalue weighted by molar-refractivity contribution is -0.140. The molecule has 0 bridgehead atoms. The van der Waals surface area contributed by atoms with Crippen LogP contribution in [0.1, 0.15) is 6.42 Å². The second-order valence-electron chi connectivity index (χ2n) is 10.8. The van der Waals surface area contributed by atoms with Crippen molar-refractivity contribution in [3.8, 4) is 11.5 Å². The molecule has 0 spiro atoms. The molecule has 226 valence electrons. The Morgan fingerprint density at radius 2 is 0.913 bits per heavy atom. The first-order chi connectivity index (χ1) is 22.7. The minimum atomic E-state index is -0.944. The molecule has 4 nitrogen and oxygen atoms in total. The van der Waals surface area contributed by atoms with Crippen molar-refractivity contribution in [3.05, 3.63) is 158 Å². The van der Waals surface area contributed by atoms with E-state index in [9.17, 15) is 4.79 Å². The van der Waals surface area contributed by atoms with Gasteiger partial charge in [0.05, 0.1) is 24.9 Å². The van der Waals surface area contributed by atoms with Crippen molar-refractivity contribution >= 4 is 65.0 Å². The molecule has 6 aromatic carbocycles. The van der Waals surface area contributed by atoms with E-state index in [1.165, 1.54) is 28.3 Å². The molecule has 1 aliphatic heterocycles. The van der Waals surface area contributed by atoms with Gasteiger partial charge in [-0.2, -0.15) is 0 Å². The van der Waals surface area contributed by atoms with Crippen LogP contribution in [0.2, 0.25) is 0 Å². The molecule has 0 saturated heterocycles. The van der Waals surface area contributed by atoms with Gasteiger partial charge in [0.15, 0.2) is 11.5 Å². The number of hydrogen-bond donors (Lipinski definition) is 0. The zero-order chi connectivity index (χ0) is 31.3. The van der Waals surface area contributed by atoms with E-state index in [-0.39, 0.29) is 12.4 Å². The van der Waals surface area contributed by atoms with Crippen molar-refractivity contribution in [2.24, 2.45) is 0 Å². The van der Waals surface area contributed by atoms with Crippen molar-refractivity contribution < 1.29 is 14.3 Å². The minimum Gasteiger partial charge on any atom is -0.469 e. The number of anilines is 2. The molecular formula is C40H33NO3P2. The van der Waals surface area contributed by atoms with Gasteiger partial charge in [-0.15, -0.1) is 0 Å². The van der Waals surface area contributed by atoms with Crippen LogP contribution in [0.25, 0.3) is 0 Å². The largest absolute Gasteiger partial charge is 0.469 e. The lowest BCUT2D eigenvalue weighted by atomic mass is 10.1. The number of para-hydroxylation sites is 2. The minimum absolute atomic E-state index is 0.242. The molecular weight excluding hydrogens is 604 g/mol. The second-order valence-corrected chi connectivity index (χ2v) is 15.2. The van der Waals surface area contributed by atoms with Crippen LogP contribution >= 0.6 is 15.8 Å². The van der Waals surface area contributed by atoms with Crippen LogP contribution in [0.4, 0.5) is 11.4 Å². The van der Waals surface area contributed by atoms with Crippen LogP contribution in [0.3, 0.4) is 0 Å². The van der Waals surface area contributed by atoms with E-state index < -0.39 is 15.8 Å². The van der Waals surface area contributed by atoms with E-state index in [1.807, 2.05) is 0 Å². The fourth-order valence-corrected chi connectivity index (χ4v) is 10.7. The number of nitrogens with zero attached hydrogens (tertiary/aromatic N) is 1. The normalized spacial score (nSPS) is 11.9. The quantitative estimate of drug-likeness (QED) is 0.126. The number of ether oxygens (including phenoxy) is 2. The van der Waals surface area contributed by atoms with E-state index in [0.717, 1.165) is 33.5 Å². The molecule has 0 saturated carbocycles. The summed E-state index contributed by atoms with van der Waals surface area (Å²) in [5.74, 6) is 1.43. The lowest BCUT2D eigenvalue weighted by Crippen LogP contribution is -2.31. The fraction of sp³-hybridized carbons (Fsp3) is 0.0750. The number of carbonyl (C=O) groups excluding carboxylic acids is 1. The predicted octanol–water partition coefficient (Wildman–Crippen LogP) is 7.01. The van der Waals surface area contributed by atoms with Gasteiger partial charge in [0.1, 0.15) is 0 Å². The topological polar surface area (TPSA) is 38.8 Å². The number of fused-ring (bicyclic) bond motifs is 2. The highest BCUT2D eigenvalue weighted by Crippen LogP contribution is 2.51. The molecule has 0 radical (unpaired) electrons. The van der Waals surface area contributed by atoms with E-state index >= 15 is 0 Å². The molecule has 0 atom stereocenters. The third-order valence-corrected chi connectivity index (χ3v) is 13.0. The van der Waals surface area contributed by atoms with Crippen molar-refractivity contribution in [1.82, 2.24) is 0 Å². The average molecular weight is 638 g/mol. The van der Waals surface area contributed by atoms with E-state index in [2.05, 4.69) is 163 Å². The van der Waals surface area contributed by atoms with Gasteiger partial charge in [-0.1, -0.05) is 133 Å². The molecule has 46 heavy (non-hydrogen) atoms. The van der Waals surface area contributed by atoms with E-state index in [0.29, 0.717) is 6.54 Å². The Hall–Kier alpha value is -4.75. The van der Waals surface area contributed by atoms with Gasteiger partial charge in [-0.25, -0.2) is 0 Å². The SMILES string of the molecule is COC(=O)CCN1c2cccc(P(c3ccccc3)c3ccccc3)c2Oc2c1cccc2P(c1ccccc1)c1ccccc1. The lowest BCUT2D eigenvalue weighted by Gasteiger charge is -2.37. The molecule has 0 N–H and O–H groups in total. The van der Waals surface area contributed by atoms with Gasteiger partial charge in [0.25, 0.3) is 0 Å². The molecule has 0 unspecified atom stereocenters. The van der Waals surface area contributed by atoms with Crippen LogP contribution in [-0.4, -0.2) is 19.6 Å². The third kappa shape index (κ3) is 5.95. The summed E-state index contributed by atoms with van der Waals surface area (Å²) >= 11 is 0. The molecule has 0 aromatic heterocycles. The number of benzene rings is 6. The molecule has 0 aliphatic carbocycles. The molecule has 6 aromatic rings. The van der Waals surface area contributed by atoms with Gasteiger partial charge in [0, 0.05) is 17.2 Å². The van der Waals surface area contributed by atoms with Gasteiger partial charge < -0.3 is 14.4 Å². The zero-order valence-electron chi connectivity index (χ0n) is 25.5. The first-order valence-electron chi connectivity index (χ1n) is 15.3. The summed E-state index contributed by atoms with van der Waals surface area (Å²) in [7, 11) is -0.445. The number of hydrogen-bond acceptors (Lipinski definition) is 4. The Balaban J connectivity index is 1.45. The Morgan fingerprint density at radius 3 is 1.26 bits per heavy atom. The zero-order valence-corrected chi connectivity index (χ0v) is 27.3. The Bertz CT molecular complexity index is 1730. The van der Waals surface area contributed by atoms with Crippen LogP contribution in [0.15, 0.2) is 158 Å². The van der Waals surface area contributed by atoms with Crippen molar-refractivity contribution in [2.45, 2.75) is 6.42 Å². The maximum absolute atomic E-state index is 12.5. The highest BCUT2D eigenvalue weighted by Gasteiger charge is 2.33. The molecule has 6 heteroatoms. The summed E-state index contributed by atoms with van der Waals surface area (Å²) in [6, 6.07) is 55.6. The Morgan fingerprint density at radius 1 is 0.543 bits per heavy atom. The maximum Gasteiger partial charge on any atom is 0.307 e. The smallest absolute Gasteiger partial charge is 0.307 e. The third-order valence-electron chi connectivity index (χ3n) is 8.04. The van der Waals surface area contributed by atoms with Crippen LogP contribution in [0, 0.1) is 0 Å². The van der Waals surface area contributed by atoms with E-state index in [4.69, 9.17) is 9.47 Å². The summed E-state index contributed by atoms with van der Waals surface area (Å²) in [6.07, 6.45) is 0.252. The highest BCUT2D eigenvalue weighted by atomic mass is 31.1. The number of methoxy groups -OCH3 is 1. The molecule has 1 heterocycles. The molecule has 0 fully saturated rings. The van der Waals surface area contributed by atoms with Gasteiger partial charge in [-0.05, 0) is 61.3 Å². The number of esters is 1. The number of rotatable bonds is 9. The maximum atomic E-state index is 12.5. The van der Waals surface area contributed by atoms with Crippen molar-refractivity contribution in [3.63, 3.8) is 0 Å². The van der Waals surface area contributed by atoms with Gasteiger partial charge in [-0.3, -0.25) is 4.79 Å². The van der Waals surface area contributed by atoms with Crippen LogP contribution < -0.4 is 41.5 Å². The predicted molar refractivity (Wildman–Crippen MR) is 194 cm³/mol. The monoisotopic (exact) mass is 637 g/mol. The Kier molecular flexibility index (Phi) is 8.92. The number of carbonyl (C=O) groups is 1. The van der Waals surface area contributed by atoms with E-state index in [1.54, 1.807) is 0 Å². The standard InChI is InChI=1S/C40H33NO3P2/c1-43-38(42)28-29-41-34-24-14-26-36(45(30-16-6-2-7-17-30)31-18-8-3-9-19-31)39(34)44-40-35(41)25-15-27-37(40)46(32-20-10-4-11-21-32)33-22-12-5-13-23-33/h2-27H,28-29H2,1H3. The fourth-order valence-electron chi connectivity index (χ4n) is 5.95. The molecule has 1 aliphatic rings. The molecule has 7 rings (SSSR count). The van der Waals surface area contributed by atoms with Gasteiger partial charge in [0.2, 0.25) is 0 Å². The van der Waals surface area contributed by atoms with Crippen molar-refractivity contribution in [2.75, 3.05) is 18.6 Å². The first kappa shape index (κ1) is 29.9. The summed E-state index contributed by atoms with van der Waals surface area (Å²) in [5, 5.41) is 7.26. The summed E-state index contributed by atoms with van der Waals surface area (Å²) in [5.41, 5.74) is 1.91. The summed E-state index contributed by atoms with van der Waals surface area (Å²) in [4.78, 5) is 14.7. The summed E-state index contributed by atoms with van der Waals surface area (Å²) < 4.78 is 12.3. The summed E-state index contributed by atoms with van der Waals surface area (Å²) in [6.45, 7) is 0.464. The van der Waals surface area contributed by atoms with Crippen LogP contribution in [0.5, 0.6) is 11.5 Å². The van der Waals surface area contributed by atoms with Crippen LogP contribution in [-0.2, 0) is 9.53 Å².